The Hall–Kier alpha value is -1.44. The molecule has 0 aliphatic carbocycles. The van der Waals surface area contributed by atoms with Crippen LogP contribution in [0.1, 0.15) is 26.3 Å². The number of benzene rings is 1. The van der Waals surface area contributed by atoms with Crippen molar-refractivity contribution in [3.63, 3.8) is 0 Å². The molecule has 1 aromatic carbocycles. The minimum absolute atomic E-state index is 0.240. The summed E-state index contributed by atoms with van der Waals surface area (Å²) < 4.78 is 31.7. The van der Waals surface area contributed by atoms with Gasteiger partial charge in [-0.15, -0.1) is 0 Å². The zero-order valence-corrected chi connectivity index (χ0v) is 13.9. The van der Waals surface area contributed by atoms with Crippen LogP contribution in [0, 0.1) is 5.41 Å². The van der Waals surface area contributed by atoms with Crippen LogP contribution in [-0.4, -0.2) is 49.9 Å². The van der Waals surface area contributed by atoms with E-state index in [-0.39, 0.29) is 10.3 Å². The van der Waals surface area contributed by atoms with Gasteiger partial charge in [-0.05, 0) is 17.7 Å². The lowest BCUT2D eigenvalue weighted by molar-refractivity contribution is 0.0730. The topological polar surface area (TPSA) is 79.2 Å². The van der Waals surface area contributed by atoms with Gasteiger partial charge in [0.25, 0.3) is 0 Å². The van der Waals surface area contributed by atoms with Crippen LogP contribution < -0.4 is 0 Å². The molecular weight excluding hydrogens is 304 g/mol. The number of hydrogen-bond acceptors (Lipinski definition) is 5. The molecule has 0 aromatic heterocycles. The van der Waals surface area contributed by atoms with Crippen molar-refractivity contribution in [2.75, 3.05) is 26.3 Å². The lowest BCUT2D eigenvalue weighted by atomic mass is 9.86. The maximum absolute atomic E-state index is 12.5. The van der Waals surface area contributed by atoms with E-state index in [1.165, 1.54) is 4.31 Å². The van der Waals surface area contributed by atoms with Crippen LogP contribution in [0.3, 0.4) is 0 Å². The minimum Gasteiger partial charge on any atom is -0.411 e. The van der Waals surface area contributed by atoms with Gasteiger partial charge in [-0.2, -0.15) is 4.31 Å². The third kappa shape index (κ3) is 3.48. The van der Waals surface area contributed by atoms with Crippen LogP contribution in [-0.2, 0) is 14.8 Å². The second kappa shape index (κ2) is 6.36. The van der Waals surface area contributed by atoms with Gasteiger partial charge in [0, 0.05) is 18.5 Å². The highest BCUT2D eigenvalue weighted by molar-refractivity contribution is 7.89. The van der Waals surface area contributed by atoms with Gasteiger partial charge in [0.15, 0.2) is 0 Å². The molecule has 22 heavy (non-hydrogen) atoms. The number of rotatable bonds is 3. The number of nitrogens with zero attached hydrogens (tertiary/aromatic N) is 2. The van der Waals surface area contributed by atoms with Crippen LogP contribution in [0.4, 0.5) is 0 Å². The van der Waals surface area contributed by atoms with E-state index in [1.807, 2.05) is 20.8 Å². The molecule has 122 valence electrons. The molecule has 0 saturated carbocycles. The Balaban J connectivity index is 2.29. The fourth-order valence-electron chi connectivity index (χ4n) is 2.36. The van der Waals surface area contributed by atoms with E-state index in [4.69, 9.17) is 4.74 Å². The molecule has 1 heterocycles. The molecule has 1 aromatic rings. The molecule has 6 nitrogen and oxygen atoms in total. The minimum atomic E-state index is -3.50. The van der Waals surface area contributed by atoms with Gasteiger partial charge >= 0.3 is 0 Å². The Labute approximate surface area is 131 Å². The van der Waals surface area contributed by atoms with E-state index in [9.17, 15) is 13.6 Å². The SMILES string of the molecule is CC(C)(C)C(=NO)c1ccc(S(=O)(=O)N2CCOCC2)cc1. The van der Waals surface area contributed by atoms with Crippen molar-refractivity contribution < 1.29 is 18.4 Å². The van der Waals surface area contributed by atoms with Crippen molar-refractivity contribution in [1.82, 2.24) is 4.31 Å². The molecule has 1 N–H and O–H groups in total. The van der Waals surface area contributed by atoms with E-state index in [2.05, 4.69) is 5.16 Å². The Morgan fingerprint density at radius 1 is 1.18 bits per heavy atom. The van der Waals surface area contributed by atoms with Crippen LogP contribution in [0.2, 0.25) is 0 Å². The van der Waals surface area contributed by atoms with Crippen molar-refractivity contribution in [1.29, 1.82) is 0 Å². The van der Waals surface area contributed by atoms with Crippen molar-refractivity contribution in [3.8, 4) is 0 Å². The second-order valence-electron chi connectivity index (χ2n) is 6.24. The van der Waals surface area contributed by atoms with E-state index in [0.717, 1.165) is 0 Å². The third-order valence-electron chi connectivity index (χ3n) is 3.55. The highest BCUT2D eigenvalue weighted by Gasteiger charge is 2.27. The van der Waals surface area contributed by atoms with Crippen molar-refractivity contribution >= 4 is 15.7 Å². The summed E-state index contributed by atoms with van der Waals surface area (Å²) in [5.74, 6) is 0. The lowest BCUT2D eigenvalue weighted by Crippen LogP contribution is -2.40. The molecule has 7 heteroatoms. The van der Waals surface area contributed by atoms with E-state index >= 15 is 0 Å². The monoisotopic (exact) mass is 326 g/mol. The van der Waals surface area contributed by atoms with Crippen molar-refractivity contribution in [3.05, 3.63) is 29.8 Å². The maximum atomic E-state index is 12.5. The number of oxime groups is 1. The zero-order chi connectivity index (χ0) is 16.4. The molecular formula is C15H22N2O4S. The fourth-order valence-corrected chi connectivity index (χ4v) is 3.77. The molecule has 0 radical (unpaired) electrons. The normalized spacial score (nSPS) is 18.4. The highest BCUT2D eigenvalue weighted by Crippen LogP contribution is 2.24. The molecule has 1 aliphatic heterocycles. The zero-order valence-electron chi connectivity index (χ0n) is 13.1. The maximum Gasteiger partial charge on any atom is 0.243 e. The van der Waals surface area contributed by atoms with Crippen molar-refractivity contribution in [2.24, 2.45) is 10.6 Å². The first kappa shape index (κ1) is 16.9. The number of ether oxygens (including phenoxy) is 1. The first-order valence-electron chi connectivity index (χ1n) is 7.17. The van der Waals surface area contributed by atoms with E-state index < -0.39 is 10.0 Å². The van der Waals surface area contributed by atoms with E-state index in [0.29, 0.717) is 37.6 Å². The summed E-state index contributed by atoms with van der Waals surface area (Å²) in [6.45, 7) is 7.37. The molecule has 0 atom stereocenters. The Morgan fingerprint density at radius 3 is 2.18 bits per heavy atom. The Bertz CT molecular complexity index is 639. The average Bonchev–Trinajstić information content (AvgIpc) is 2.48. The smallest absolute Gasteiger partial charge is 0.243 e. The first-order chi connectivity index (χ1) is 10.3. The molecule has 0 amide bonds. The van der Waals surface area contributed by atoms with Gasteiger partial charge in [0.1, 0.15) is 0 Å². The molecule has 1 fully saturated rings. The lowest BCUT2D eigenvalue weighted by Gasteiger charge is -2.26. The largest absolute Gasteiger partial charge is 0.411 e. The molecule has 0 bridgehead atoms. The van der Waals surface area contributed by atoms with Crippen LogP contribution in [0.5, 0.6) is 0 Å². The molecule has 2 rings (SSSR count). The number of sulfonamides is 1. The Kier molecular flexibility index (Phi) is 4.89. The van der Waals surface area contributed by atoms with Crippen molar-refractivity contribution in [2.45, 2.75) is 25.7 Å². The summed E-state index contributed by atoms with van der Waals surface area (Å²) in [6, 6.07) is 6.45. The van der Waals surface area contributed by atoms with Gasteiger partial charge in [-0.1, -0.05) is 38.1 Å². The van der Waals surface area contributed by atoms with Crippen LogP contribution in [0.15, 0.2) is 34.3 Å². The third-order valence-corrected chi connectivity index (χ3v) is 5.46. The average molecular weight is 326 g/mol. The second-order valence-corrected chi connectivity index (χ2v) is 8.18. The first-order valence-corrected chi connectivity index (χ1v) is 8.61. The summed E-state index contributed by atoms with van der Waals surface area (Å²) in [6.07, 6.45) is 0. The van der Waals surface area contributed by atoms with Crippen LogP contribution in [0.25, 0.3) is 0 Å². The Morgan fingerprint density at radius 2 is 1.73 bits per heavy atom. The summed E-state index contributed by atoms with van der Waals surface area (Å²) in [4.78, 5) is 0.240. The molecule has 1 aliphatic rings. The quantitative estimate of drug-likeness (QED) is 0.523. The molecule has 1 saturated heterocycles. The highest BCUT2D eigenvalue weighted by atomic mass is 32.2. The van der Waals surface area contributed by atoms with Gasteiger partial charge < -0.3 is 9.94 Å². The molecule has 0 unspecified atom stereocenters. The summed E-state index contributed by atoms with van der Waals surface area (Å²) in [7, 11) is -3.50. The van der Waals surface area contributed by atoms with Gasteiger partial charge in [-0.3, -0.25) is 0 Å². The van der Waals surface area contributed by atoms with Crippen LogP contribution >= 0.6 is 0 Å². The predicted octanol–water partition coefficient (Wildman–Crippen LogP) is 1.93. The molecule has 0 spiro atoms. The predicted molar refractivity (Wildman–Crippen MR) is 83.8 cm³/mol. The number of hydrogen-bond donors (Lipinski definition) is 1. The summed E-state index contributed by atoms with van der Waals surface area (Å²) >= 11 is 0. The summed E-state index contributed by atoms with van der Waals surface area (Å²) in [5, 5.41) is 12.5. The summed E-state index contributed by atoms with van der Waals surface area (Å²) in [5.41, 5.74) is 0.887. The van der Waals surface area contributed by atoms with Gasteiger partial charge in [0.2, 0.25) is 10.0 Å². The fraction of sp³-hybridized carbons (Fsp3) is 0.533. The van der Waals surface area contributed by atoms with Gasteiger partial charge in [-0.25, -0.2) is 8.42 Å². The number of morpholine rings is 1. The van der Waals surface area contributed by atoms with Gasteiger partial charge in [0.05, 0.1) is 23.8 Å². The van der Waals surface area contributed by atoms with E-state index in [1.54, 1.807) is 24.3 Å². The standard InChI is InChI=1S/C15H22N2O4S/c1-15(2,3)14(16-18)12-4-6-13(7-5-12)22(19,20)17-8-10-21-11-9-17/h4-7,18H,8-11H2,1-3H3.